The fourth-order valence-corrected chi connectivity index (χ4v) is 2.68. The maximum absolute atomic E-state index is 12.6. The van der Waals surface area contributed by atoms with E-state index in [0.717, 1.165) is 31.7 Å². The minimum absolute atomic E-state index is 0. The van der Waals surface area contributed by atoms with Crippen molar-refractivity contribution in [1.29, 1.82) is 0 Å². The second-order valence-corrected chi connectivity index (χ2v) is 5.23. The second kappa shape index (κ2) is 8.60. The first-order valence-corrected chi connectivity index (χ1v) is 7.15. The van der Waals surface area contributed by atoms with Gasteiger partial charge in [0.2, 0.25) is 0 Å². The van der Waals surface area contributed by atoms with Crippen molar-refractivity contribution in [3.63, 3.8) is 0 Å². The number of alkyl halides is 3. The van der Waals surface area contributed by atoms with Crippen LogP contribution in [0, 0.1) is 0 Å². The lowest BCUT2D eigenvalue weighted by atomic mass is 9.99. The van der Waals surface area contributed by atoms with Gasteiger partial charge in [-0.2, -0.15) is 13.2 Å². The fraction of sp³-hybridized carbons (Fsp3) is 0.600. The van der Waals surface area contributed by atoms with Crippen molar-refractivity contribution in [2.75, 3.05) is 33.3 Å². The van der Waals surface area contributed by atoms with Gasteiger partial charge in [-0.25, -0.2) is 0 Å². The summed E-state index contributed by atoms with van der Waals surface area (Å²) in [7, 11) is 1.58. The van der Waals surface area contributed by atoms with Crippen molar-refractivity contribution in [1.82, 2.24) is 10.2 Å². The quantitative estimate of drug-likeness (QED) is 0.890. The molecule has 3 nitrogen and oxygen atoms in total. The van der Waals surface area contributed by atoms with E-state index >= 15 is 0 Å². The molecule has 0 amide bonds. The van der Waals surface area contributed by atoms with E-state index in [1.54, 1.807) is 19.2 Å². The number of piperazine rings is 1. The van der Waals surface area contributed by atoms with E-state index in [9.17, 15) is 13.2 Å². The number of nitrogens with one attached hydrogen (secondary N) is 1. The summed E-state index contributed by atoms with van der Waals surface area (Å²) in [5.41, 5.74) is 0.918. The Morgan fingerprint density at radius 3 is 2.27 bits per heavy atom. The van der Waals surface area contributed by atoms with Crippen molar-refractivity contribution < 1.29 is 17.9 Å². The molecule has 0 aromatic heterocycles. The third-order valence-electron chi connectivity index (χ3n) is 3.79. The van der Waals surface area contributed by atoms with Crippen LogP contribution in [0.2, 0.25) is 0 Å². The molecule has 126 valence electrons. The van der Waals surface area contributed by atoms with Crippen LogP contribution in [0.3, 0.4) is 0 Å². The number of methoxy groups -OCH3 is 1. The van der Waals surface area contributed by atoms with Crippen molar-refractivity contribution in [2.45, 2.75) is 25.1 Å². The van der Waals surface area contributed by atoms with Crippen LogP contribution in [-0.2, 0) is 0 Å². The van der Waals surface area contributed by atoms with E-state index < -0.39 is 12.6 Å². The van der Waals surface area contributed by atoms with Gasteiger partial charge < -0.3 is 10.1 Å². The number of halogens is 4. The Morgan fingerprint density at radius 1 is 1.18 bits per heavy atom. The van der Waals surface area contributed by atoms with E-state index in [-0.39, 0.29) is 24.9 Å². The maximum Gasteiger partial charge on any atom is 0.389 e. The molecular weight excluding hydrogens is 317 g/mol. The van der Waals surface area contributed by atoms with E-state index in [1.165, 1.54) is 0 Å². The van der Waals surface area contributed by atoms with Crippen LogP contribution < -0.4 is 10.1 Å². The molecule has 22 heavy (non-hydrogen) atoms. The van der Waals surface area contributed by atoms with Gasteiger partial charge in [-0.15, -0.1) is 12.4 Å². The predicted octanol–water partition coefficient (Wildman–Crippen LogP) is 3.41. The number of rotatable bonds is 5. The first kappa shape index (κ1) is 19.1. The number of hydrogen-bond acceptors (Lipinski definition) is 3. The van der Waals surface area contributed by atoms with Crippen molar-refractivity contribution in [3.05, 3.63) is 29.8 Å². The van der Waals surface area contributed by atoms with Gasteiger partial charge in [0.05, 0.1) is 7.11 Å². The molecule has 1 aromatic carbocycles. The zero-order valence-electron chi connectivity index (χ0n) is 12.5. The lowest BCUT2D eigenvalue weighted by Crippen LogP contribution is -2.45. The van der Waals surface area contributed by atoms with Gasteiger partial charge in [0.15, 0.2) is 0 Å². The molecule has 0 bridgehead atoms. The van der Waals surface area contributed by atoms with Gasteiger partial charge >= 0.3 is 6.18 Å². The molecule has 0 unspecified atom stereocenters. The van der Waals surface area contributed by atoms with E-state index in [0.29, 0.717) is 5.75 Å². The van der Waals surface area contributed by atoms with Crippen LogP contribution in [0.25, 0.3) is 0 Å². The summed E-state index contributed by atoms with van der Waals surface area (Å²) in [6.45, 7) is 3.18. The molecule has 1 N–H and O–H groups in total. The summed E-state index contributed by atoms with van der Waals surface area (Å²) >= 11 is 0. The van der Waals surface area contributed by atoms with Crippen molar-refractivity contribution >= 4 is 12.4 Å². The number of nitrogens with zero attached hydrogens (tertiary/aromatic N) is 1. The summed E-state index contributed by atoms with van der Waals surface area (Å²) in [6, 6.07) is 7.14. The summed E-state index contributed by atoms with van der Waals surface area (Å²) in [5, 5.41) is 3.23. The van der Waals surface area contributed by atoms with E-state index in [2.05, 4.69) is 10.2 Å². The molecule has 0 spiro atoms. The summed E-state index contributed by atoms with van der Waals surface area (Å²) < 4.78 is 42.8. The maximum atomic E-state index is 12.6. The Morgan fingerprint density at radius 2 is 1.77 bits per heavy atom. The summed E-state index contributed by atoms with van der Waals surface area (Å²) in [4.78, 5) is 2.13. The first-order valence-electron chi connectivity index (χ1n) is 7.15. The Bertz CT molecular complexity index is 433. The number of benzene rings is 1. The Labute approximate surface area is 135 Å². The van der Waals surface area contributed by atoms with E-state index in [1.807, 2.05) is 12.1 Å². The lowest BCUT2D eigenvalue weighted by Gasteiger charge is -2.35. The van der Waals surface area contributed by atoms with Crippen molar-refractivity contribution in [3.8, 4) is 5.75 Å². The Kier molecular flexibility index (Phi) is 7.45. The highest BCUT2D eigenvalue weighted by molar-refractivity contribution is 5.85. The molecule has 0 saturated carbocycles. The smallest absolute Gasteiger partial charge is 0.389 e. The van der Waals surface area contributed by atoms with Crippen LogP contribution in [0.4, 0.5) is 13.2 Å². The highest BCUT2D eigenvalue weighted by Gasteiger charge is 2.31. The molecule has 1 aliphatic heterocycles. The average Bonchev–Trinajstić information content (AvgIpc) is 2.48. The predicted molar refractivity (Wildman–Crippen MR) is 82.7 cm³/mol. The fourth-order valence-electron chi connectivity index (χ4n) is 2.68. The van der Waals surface area contributed by atoms with Crippen LogP contribution >= 0.6 is 12.4 Å². The van der Waals surface area contributed by atoms with E-state index in [4.69, 9.17) is 4.74 Å². The SMILES string of the molecule is COc1ccc([C@@H](CCC(F)(F)F)N2CCNCC2)cc1.Cl. The van der Waals surface area contributed by atoms with Crippen molar-refractivity contribution in [2.24, 2.45) is 0 Å². The second-order valence-electron chi connectivity index (χ2n) is 5.23. The van der Waals surface area contributed by atoms with Crippen LogP contribution in [0.15, 0.2) is 24.3 Å². The number of hydrogen-bond donors (Lipinski definition) is 1. The molecule has 7 heteroatoms. The van der Waals surface area contributed by atoms with Gasteiger partial charge in [0.25, 0.3) is 0 Å². The highest BCUT2D eigenvalue weighted by atomic mass is 35.5. The zero-order chi connectivity index (χ0) is 15.3. The molecule has 1 fully saturated rings. The molecule has 1 heterocycles. The molecular formula is C15H22ClF3N2O. The normalized spacial score (nSPS) is 17.6. The molecule has 1 aromatic rings. The lowest BCUT2D eigenvalue weighted by molar-refractivity contribution is -0.138. The highest BCUT2D eigenvalue weighted by Crippen LogP contribution is 2.32. The molecule has 1 atom stereocenters. The van der Waals surface area contributed by atoms with Crippen LogP contribution in [-0.4, -0.2) is 44.4 Å². The standard InChI is InChI=1S/C15H21F3N2O.ClH/c1-21-13-4-2-12(3-5-13)14(6-7-15(16,17)18)20-10-8-19-9-11-20;/h2-5,14,19H,6-11H2,1H3;1H/t14-;/m1./s1. The van der Waals surface area contributed by atoms with Crippen LogP contribution in [0.1, 0.15) is 24.4 Å². The third-order valence-corrected chi connectivity index (χ3v) is 3.79. The van der Waals surface area contributed by atoms with Crippen LogP contribution in [0.5, 0.6) is 5.75 Å². The molecule has 1 saturated heterocycles. The molecule has 0 aliphatic carbocycles. The van der Waals surface area contributed by atoms with Gasteiger partial charge in [0.1, 0.15) is 5.75 Å². The van der Waals surface area contributed by atoms with Gasteiger partial charge in [-0.05, 0) is 24.1 Å². The number of ether oxygens (including phenoxy) is 1. The minimum atomic E-state index is -4.11. The molecule has 2 rings (SSSR count). The Balaban J connectivity index is 0.00000242. The molecule has 1 aliphatic rings. The summed E-state index contributed by atoms with van der Waals surface area (Å²) in [5.74, 6) is 0.716. The minimum Gasteiger partial charge on any atom is -0.497 e. The Hall–Kier alpha value is -0.980. The third kappa shape index (κ3) is 5.66. The summed E-state index contributed by atoms with van der Waals surface area (Å²) in [6.07, 6.45) is -4.78. The first-order chi connectivity index (χ1) is 9.99. The zero-order valence-corrected chi connectivity index (χ0v) is 13.3. The topological polar surface area (TPSA) is 24.5 Å². The average molecular weight is 339 g/mol. The largest absolute Gasteiger partial charge is 0.497 e. The molecule has 0 radical (unpaired) electrons. The van der Waals surface area contributed by atoms with Gasteiger partial charge in [0, 0.05) is 38.6 Å². The monoisotopic (exact) mass is 338 g/mol. The van der Waals surface area contributed by atoms with Gasteiger partial charge in [-0.3, -0.25) is 4.90 Å². The van der Waals surface area contributed by atoms with Gasteiger partial charge in [-0.1, -0.05) is 12.1 Å².